The third kappa shape index (κ3) is 3.46. The van der Waals surface area contributed by atoms with E-state index < -0.39 is 0 Å². The molecular weight excluding hydrogens is 342 g/mol. The molecule has 7 nitrogen and oxygen atoms in total. The molecule has 132 valence electrons. The van der Waals surface area contributed by atoms with Crippen molar-refractivity contribution >= 4 is 29.2 Å². The topological polar surface area (TPSA) is 93.2 Å². The Morgan fingerprint density at radius 2 is 2.16 bits per heavy atom. The molecule has 1 saturated heterocycles. The molecule has 8 heteroatoms. The highest BCUT2D eigenvalue weighted by Crippen LogP contribution is 2.24. The Bertz CT molecular complexity index is 832. The van der Waals surface area contributed by atoms with Crippen molar-refractivity contribution in [2.24, 2.45) is 0 Å². The summed E-state index contributed by atoms with van der Waals surface area (Å²) in [6.07, 6.45) is 2.22. The number of hydrogen-bond donors (Lipinski definition) is 2. The molecule has 0 aliphatic carbocycles. The highest BCUT2D eigenvalue weighted by Gasteiger charge is 2.29. The van der Waals surface area contributed by atoms with Gasteiger partial charge in [0.25, 0.3) is 5.91 Å². The maximum Gasteiger partial charge on any atom is 0.259 e. The molecule has 1 unspecified atom stereocenters. The minimum Gasteiger partial charge on any atom is -0.383 e. The van der Waals surface area contributed by atoms with E-state index in [0.29, 0.717) is 29.5 Å². The summed E-state index contributed by atoms with van der Waals surface area (Å²) in [5.74, 6) is 0.0199. The molecule has 3 rings (SSSR count). The number of rotatable bonds is 3. The molecular formula is C17H20ClN5O2. The van der Waals surface area contributed by atoms with Crippen molar-refractivity contribution in [2.75, 3.05) is 18.8 Å². The number of nitrogen functional groups attached to an aromatic ring is 1. The lowest BCUT2D eigenvalue weighted by atomic mass is 10.2. The summed E-state index contributed by atoms with van der Waals surface area (Å²) in [7, 11) is 0. The fraction of sp³-hybridized carbons (Fsp3) is 0.353. The van der Waals surface area contributed by atoms with E-state index in [-0.39, 0.29) is 17.9 Å². The van der Waals surface area contributed by atoms with Gasteiger partial charge in [-0.15, -0.1) is 0 Å². The normalized spacial score (nSPS) is 16.9. The summed E-state index contributed by atoms with van der Waals surface area (Å²) in [4.78, 5) is 25.6. The predicted molar refractivity (Wildman–Crippen MR) is 95.8 cm³/mol. The van der Waals surface area contributed by atoms with Crippen LogP contribution in [0, 0.1) is 6.92 Å². The monoisotopic (exact) mass is 361 g/mol. The average Bonchev–Trinajstić information content (AvgIpc) is 3.13. The molecule has 2 aromatic rings. The van der Waals surface area contributed by atoms with Crippen molar-refractivity contribution in [3.05, 3.63) is 40.5 Å². The summed E-state index contributed by atoms with van der Waals surface area (Å²) >= 11 is 5.98. The maximum absolute atomic E-state index is 12.7. The van der Waals surface area contributed by atoms with E-state index in [4.69, 9.17) is 17.3 Å². The second-order valence-corrected chi connectivity index (χ2v) is 6.66. The summed E-state index contributed by atoms with van der Waals surface area (Å²) in [5.41, 5.74) is 8.22. The van der Waals surface area contributed by atoms with E-state index in [1.807, 2.05) is 19.1 Å². The number of nitrogens with zero attached hydrogens (tertiary/aromatic N) is 3. The van der Waals surface area contributed by atoms with Gasteiger partial charge in [0.05, 0.1) is 11.9 Å². The molecule has 1 fully saturated rings. The van der Waals surface area contributed by atoms with Crippen LogP contribution in [0.4, 0.5) is 5.82 Å². The maximum atomic E-state index is 12.7. The lowest BCUT2D eigenvalue weighted by molar-refractivity contribution is -0.119. The summed E-state index contributed by atoms with van der Waals surface area (Å²) in [6, 6.07) is 5.37. The van der Waals surface area contributed by atoms with Gasteiger partial charge in [0.2, 0.25) is 5.91 Å². The minimum absolute atomic E-state index is 0.0174. The smallest absolute Gasteiger partial charge is 0.259 e. The van der Waals surface area contributed by atoms with Gasteiger partial charge in [0.1, 0.15) is 11.4 Å². The highest BCUT2D eigenvalue weighted by atomic mass is 35.5. The number of likely N-dealkylation sites (tertiary alicyclic amines) is 1. The number of halogens is 1. The van der Waals surface area contributed by atoms with Gasteiger partial charge < -0.3 is 16.0 Å². The van der Waals surface area contributed by atoms with Crippen LogP contribution in [-0.4, -0.2) is 45.6 Å². The van der Waals surface area contributed by atoms with Crippen molar-refractivity contribution in [3.63, 3.8) is 0 Å². The van der Waals surface area contributed by atoms with E-state index >= 15 is 0 Å². The van der Waals surface area contributed by atoms with E-state index in [1.165, 1.54) is 13.1 Å². The van der Waals surface area contributed by atoms with Crippen LogP contribution in [0.5, 0.6) is 0 Å². The first kappa shape index (κ1) is 17.3. The number of carbonyl (C=O) groups excluding carboxylic acids is 2. The third-order valence-corrected chi connectivity index (χ3v) is 4.54. The molecule has 2 heterocycles. The molecule has 0 spiro atoms. The molecule has 3 N–H and O–H groups in total. The molecule has 1 atom stereocenters. The van der Waals surface area contributed by atoms with Gasteiger partial charge in [0.15, 0.2) is 0 Å². The number of amides is 2. The summed E-state index contributed by atoms with van der Waals surface area (Å²) in [6.45, 7) is 4.43. The van der Waals surface area contributed by atoms with Crippen LogP contribution in [0.2, 0.25) is 5.02 Å². The number of benzene rings is 1. The zero-order chi connectivity index (χ0) is 18.1. The first-order valence-corrected chi connectivity index (χ1v) is 8.41. The van der Waals surface area contributed by atoms with E-state index in [0.717, 1.165) is 17.7 Å². The molecule has 1 aromatic carbocycles. The van der Waals surface area contributed by atoms with Crippen LogP contribution in [0.25, 0.3) is 5.69 Å². The zero-order valence-electron chi connectivity index (χ0n) is 14.1. The number of carbonyl (C=O) groups is 2. The van der Waals surface area contributed by atoms with Gasteiger partial charge in [-0.1, -0.05) is 11.6 Å². The van der Waals surface area contributed by atoms with Crippen LogP contribution >= 0.6 is 11.6 Å². The van der Waals surface area contributed by atoms with Crippen LogP contribution < -0.4 is 11.1 Å². The van der Waals surface area contributed by atoms with Crippen LogP contribution in [-0.2, 0) is 4.79 Å². The molecule has 0 bridgehead atoms. The minimum atomic E-state index is -0.178. The van der Waals surface area contributed by atoms with Crippen LogP contribution in [0.3, 0.4) is 0 Å². The lowest BCUT2D eigenvalue weighted by Crippen LogP contribution is -2.37. The van der Waals surface area contributed by atoms with E-state index in [1.54, 1.807) is 15.6 Å². The first-order valence-electron chi connectivity index (χ1n) is 8.03. The first-order chi connectivity index (χ1) is 11.9. The van der Waals surface area contributed by atoms with Gasteiger partial charge >= 0.3 is 0 Å². The van der Waals surface area contributed by atoms with Crippen molar-refractivity contribution in [3.8, 4) is 5.69 Å². The van der Waals surface area contributed by atoms with Crippen molar-refractivity contribution in [2.45, 2.75) is 26.3 Å². The number of nitrogens with one attached hydrogen (secondary N) is 1. The largest absolute Gasteiger partial charge is 0.383 e. The van der Waals surface area contributed by atoms with Crippen LogP contribution in [0.15, 0.2) is 24.4 Å². The quantitative estimate of drug-likeness (QED) is 0.871. The van der Waals surface area contributed by atoms with Crippen LogP contribution in [0.1, 0.15) is 29.3 Å². The van der Waals surface area contributed by atoms with Gasteiger partial charge in [-0.05, 0) is 37.1 Å². The average molecular weight is 362 g/mol. The molecule has 1 aromatic heterocycles. The fourth-order valence-electron chi connectivity index (χ4n) is 3.09. The fourth-order valence-corrected chi connectivity index (χ4v) is 3.32. The van der Waals surface area contributed by atoms with Gasteiger partial charge in [-0.25, -0.2) is 4.68 Å². The van der Waals surface area contributed by atoms with Gasteiger partial charge in [0, 0.05) is 31.1 Å². The Morgan fingerprint density at radius 3 is 2.84 bits per heavy atom. The van der Waals surface area contributed by atoms with E-state index in [9.17, 15) is 9.59 Å². The third-order valence-electron chi connectivity index (χ3n) is 4.31. The summed E-state index contributed by atoms with van der Waals surface area (Å²) < 4.78 is 1.54. The Labute approximate surface area is 150 Å². The molecule has 1 aliphatic rings. The predicted octanol–water partition coefficient (Wildman–Crippen LogP) is 1.77. The van der Waals surface area contributed by atoms with E-state index in [2.05, 4.69) is 10.4 Å². The van der Waals surface area contributed by atoms with Crippen molar-refractivity contribution in [1.29, 1.82) is 0 Å². The Morgan fingerprint density at radius 1 is 1.40 bits per heavy atom. The van der Waals surface area contributed by atoms with Gasteiger partial charge in [-0.2, -0.15) is 5.10 Å². The highest BCUT2D eigenvalue weighted by molar-refractivity contribution is 6.30. The number of anilines is 1. The second kappa shape index (κ2) is 6.76. The zero-order valence-corrected chi connectivity index (χ0v) is 14.9. The molecule has 1 aliphatic heterocycles. The lowest BCUT2D eigenvalue weighted by Gasteiger charge is -2.16. The van der Waals surface area contributed by atoms with Crippen molar-refractivity contribution < 1.29 is 9.59 Å². The number of aromatic nitrogens is 2. The second-order valence-electron chi connectivity index (χ2n) is 6.22. The van der Waals surface area contributed by atoms with Gasteiger partial charge in [-0.3, -0.25) is 9.59 Å². The molecule has 2 amide bonds. The van der Waals surface area contributed by atoms with Crippen molar-refractivity contribution in [1.82, 2.24) is 20.0 Å². The number of hydrogen-bond acceptors (Lipinski definition) is 4. The Balaban J connectivity index is 1.81. The SMILES string of the molecule is CC(=O)NC1CCN(C(=O)c2cnn(-c3ccc(Cl)cc3C)c2N)C1. The number of aryl methyl sites for hydroxylation is 1. The molecule has 25 heavy (non-hydrogen) atoms. The Hall–Kier alpha value is -2.54. The Kier molecular flexibility index (Phi) is 4.67. The summed E-state index contributed by atoms with van der Waals surface area (Å²) in [5, 5.41) is 7.74. The number of nitrogens with two attached hydrogens (primary N) is 1. The standard InChI is InChI=1S/C17H20ClN5O2/c1-10-7-12(18)3-4-15(10)23-16(19)14(8-20-23)17(25)22-6-5-13(9-22)21-11(2)24/h3-4,7-8,13H,5-6,9,19H2,1-2H3,(H,21,24). The molecule has 0 saturated carbocycles. The molecule has 0 radical (unpaired) electrons.